The topological polar surface area (TPSA) is 0 Å². The van der Waals surface area contributed by atoms with Crippen LogP contribution in [0, 0.1) is 13.8 Å². The lowest BCUT2D eigenvalue weighted by Gasteiger charge is -2.12. The van der Waals surface area contributed by atoms with E-state index in [2.05, 4.69) is 112 Å². The van der Waals surface area contributed by atoms with Crippen molar-refractivity contribution < 1.29 is 0 Å². The molecule has 0 fully saturated rings. The molecule has 1 aliphatic carbocycles. The molecule has 0 spiro atoms. The Hall–Kier alpha value is -3.12. The van der Waals surface area contributed by atoms with Gasteiger partial charge in [0.2, 0.25) is 0 Å². The van der Waals surface area contributed by atoms with Gasteiger partial charge < -0.3 is 0 Å². The van der Waals surface area contributed by atoms with Gasteiger partial charge in [-0.05, 0) is 69.4 Å². The first-order valence-corrected chi connectivity index (χ1v) is 13.7. The van der Waals surface area contributed by atoms with Crippen molar-refractivity contribution in [3.8, 4) is 0 Å². The molecular formula is C36H48. The van der Waals surface area contributed by atoms with E-state index in [1.54, 1.807) is 0 Å². The first kappa shape index (κ1) is 30.9. The summed E-state index contributed by atoms with van der Waals surface area (Å²) in [5.41, 5.74) is 7.05. The number of benzene rings is 3. The summed E-state index contributed by atoms with van der Waals surface area (Å²) in [6.07, 6.45) is 15.9. The van der Waals surface area contributed by atoms with Gasteiger partial charge in [0.05, 0.1) is 0 Å². The highest BCUT2D eigenvalue weighted by Gasteiger charge is 2.05. The Morgan fingerprint density at radius 3 is 1.94 bits per heavy atom. The van der Waals surface area contributed by atoms with Gasteiger partial charge in [-0.3, -0.25) is 0 Å². The van der Waals surface area contributed by atoms with Crippen LogP contribution >= 0.6 is 0 Å². The predicted molar refractivity (Wildman–Crippen MR) is 163 cm³/mol. The van der Waals surface area contributed by atoms with Crippen molar-refractivity contribution >= 4 is 0 Å². The third-order valence-corrected chi connectivity index (χ3v) is 5.97. The largest absolute Gasteiger partial charge is 0.103 e. The van der Waals surface area contributed by atoms with E-state index in [1.165, 1.54) is 53.5 Å². The monoisotopic (exact) mass is 480 g/mol. The van der Waals surface area contributed by atoms with Crippen molar-refractivity contribution in [1.82, 2.24) is 0 Å². The Morgan fingerprint density at radius 2 is 1.42 bits per heavy atom. The number of aryl methyl sites for hydroxylation is 3. The van der Waals surface area contributed by atoms with Crippen molar-refractivity contribution in [3.63, 3.8) is 0 Å². The molecule has 3 aromatic rings. The fourth-order valence-corrected chi connectivity index (χ4v) is 3.83. The van der Waals surface area contributed by atoms with E-state index < -0.39 is 0 Å². The Labute approximate surface area is 222 Å². The van der Waals surface area contributed by atoms with Crippen LogP contribution in [0.4, 0.5) is 0 Å². The average molecular weight is 481 g/mol. The molecule has 0 bridgehead atoms. The van der Waals surface area contributed by atoms with E-state index in [0.717, 1.165) is 12.8 Å². The van der Waals surface area contributed by atoms with Crippen LogP contribution in [0.15, 0.2) is 121 Å². The molecule has 36 heavy (non-hydrogen) atoms. The Morgan fingerprint density at radius 1 is 0.778 bits per heavy atom. The molecule has 1 aliphatic rings. The number of hydrogen-bond acceptors (Lipinski definition) is 0. The minimum Gasteiger partial charge on any atom is -0.103 e. The van der Waals surface area contributed by atoms with Gasteiger partial charge in [-0.1, -0.05) is 147 Å². The summed E-state index contributed by atoms with van der Waals surface area (Å²) in [5.74, 6) is 0.634. The van der Waals surface area contributed by atoms with Crippen molar-refractivity contribution in [2.45, 2.75) is 79.1 Å². The lowest BCUT2D eigenvalue weighted by molar-refractivity contribution is 0.679. The van der Waals surface area contributed by atoms with Gasteiger partial charge in [-0.25, -0.2) is 0 Å². The second-order valence-electron chi connectivity index (χ2n) is 9.08. The minimum absolute atomic E-state index is 0.634. The molecule has 0 heterocycles. The zero-order chi connectivity index (χ0) is 26.4. The van der Waals surface area contributed by atoms with Crippen LogP contribution in [-0.2, 0) is 6.42 Å². The van der Waals surface area contributed by atoms with Crippen molar-refractivity contribution in [1.29, 1.82) is 0 Å². The van der Waals surface area contributed by atoms with Crippen molar-refractivity contribution in [2.75, 3.05) is 0 Å². The van der Waals surface area contributed by atoms with E-state index in [4.69, 9.17) is 0 Å². The molecule has 192 valence electrons. The SMILES string of the molecule is C=CCCC1=CCCC=C1.CC.Cc1cccc(C(C)CCc2ccccc2)c1.Cc1ccccc1. The smallest absolute Gasteiger partial charge is 0.0187 e. The lowest BCUT2D eigenvalue weighted by Crippen LogP contribution is -1.96. The first-order valence-electron chi connectivity index (χ1n) is 13.7. The fourth-order valence-electron chi connectivity index (χ4n) is 3.83. The zero-order valence-corrected chi connectivity index (χ0v) is 23.4. The quantitative estimate of drug-likeness (QED) is 0.295. The number of rotatable bonds is 7. The summed E-state index contributed by atoms with van der Waals surface area (Å²) in [6, 6.07) is 29.9. The first-order chi connectivity index (χ1) is 17.6. The van der Waals surface area contributed by atoms with Gasteiger partial charge >= 0.3 is 0 Å². The molecule has 0 N–H and O–H groups in total. The van der Waals surface area contributed by atoms with Gasteiger partial charge in [0.1, 0.15) is 0 Å². The molecule has 0 heteroatoms. The molecule has 0 amide bonds. The Kier molecular flexibility index (Phi) is 17.3. The molecule has 0 saturated carbocycles. The van der Waals surface area contributed by atoms with Gasteiger partial charge in [0.25, 0.3) is 0 Å². The number of hydrogen-bond donors (Lipinski definition) is 0. The van der Waals surface area contributed by atoms with Crippen LogP contribution in [0.2, 0.25) is 0 Å². The van der Waals surface area contributed by atoms with Crippen LogP contribution in [-0.4, -0.2) is 0 Å². The Bertz CT molecular complexity index is 992. The van der Waals surface area contributed by atoms with Gasteiger partial charge in [0, 0.05) is 0 Å². The molecule has 0 aliphatic heterocycles. The maximum Gasteiger partial charge on any atom is -0.0187 e. The zero-order valence-electron chi connectivity index (χ0n) is 23.4. The molecule has 0 nitrogen and oxygen atoms in total. The maximum atomic E-state index is 3.69. The molecule has 4 rings (SSSR count). The molecule has 0 saturated heterocycles. The second kappa shape index (κ2) is 20.1. The summed E-state index contributed by atoms with van der Waals surface area (Å²) in [6.45, 7) is 14.3. The molecular weight excluding hydrogens is 432 g/mol. The summed E-state index contributed by atoms with van der Waals surface area (Å²) in [5, 5.41) is 0. The summed E-state index contributed by atoms with van der Waals surface area (Å²) >= 11 is 0. The molecule has 1 unspecified atom stereocenters. The van der Waals surface area contributed by atoms with E-state index in [0.29, 0.717) is 5.92 Å². The highest BCUT2D eigenvalue weighted by atomic mass is 14.1. The van der Waals surface area contributed by atoms with Crippen molar-refractivity contribution in [2.24, 2.45) is 0 Å². The third-order valence-electron chi connectivity index (χ3n) is 5.97. The molecule has 0 aromatic heterocycles. The van der Waals surface area contributed by atoms with Crippen LogP contribution in [0.5, 0.6) is 0 Å². The van der Waals surface area contributed by atoms with Crippen LogP contribution in [0.1, 0.15) is 81.0 Å². The third kappa shape index (κ3) is 14.3. The normalized spacial score (nSPS) is 12.3. The summed E-state index contributed by atoms with van der Waals surface area (Å²) < 4.78 is 0. The van der Waals surface area contributed by atoms with Gasteiger partial charge in [0.15, 0.2) is 0 Å². The highest BCUT2D eigenvalue weighted by Crippen LogP contribution is 2.22. The van der Waals surface area contributed by atoms with E-state index >= 15 is 0 Å². The minimum atomic E-state index is 0.634. The molecule has 1 atom stereocenters. The van der Waals surface area contributed by atoms with Crippen LogP contribution < -0.4 is 0 Å². The van der Waals surface area contributed by atoms with Crippen LogP contribution in [0.25, 0.3) is 0 Å². The van der Waals surface area contributed by atoms with E-state index in [-0.39, 0.29) is 0 Å². The lowest BCUT2D eigenvalue weighted by atomic mass is 9.93. The van der Waals surface area contributed by atoms with Gasteiger partial charge in [-0.2, -0.15) is 0 Å². The average Bonchev–Trinajstić information content (AvgIpc) is 2.94. The Balaban J connectivity index is 0.000000288. The number of allylic oxidation sites excluding steroid dienone is 5. The fraction of sp³-hybridized carbons (Fsp3) is 0.333. The molecule has 0 radical (unpaired) electrons. The predicted octanol–water partition coefficient (Wildman–Crippen LogP) is 11.0. The van der Waals surface area contributed by atoms with E-state index in [9.17, 15) is 0 Å². The van der Waals surface area contributed by atoms with E-state index in [1.807, 2.05) is 38.1 Å². The highest BCUT2D eigenvalue weighted by molar-refractivity contribution is 5.25. The summed E-state index contributed by atoms with van der Waals surface area (Å²) in [7, 11) is 0. The summed E-state index contributed by atoms with van der Waals surface area (Å²) in [4.78, 5) is 0. The van der Waals surface area contributed by atoms with Crippen LogP contribution in [0.3, 0.4) is 0 Å². The van der Waals surface area contributed by atoms with Crippen molar-refractivity contribution in [3.05, 3.63) is 144 Å². The maximum absolute atomic E-state index is 3.69. The molecule has 3 aromatic carbocycles. The second-order valence-corrected chi connectivity index (χ2v) is 9.08. The van der Waals surface area contributed by atoms with Gasteiger partial charge in [-0.15, -0.1) is 6.58 Å². The standard InChI is InChI=1S/C17H20.C10H14.C7H8.C2H6/c1-14-7-6-10-17(13-14)15(2)11-12-16-8-4-3-5-9-16;1-2-3-7-10-8-5-4-6-9-10;1-7-5-3-2-4-6-7;1-2/h3-10,13,15H,11-12H2,1-2H3;2,5,8-9H,1,3-4,6-7H2;2-6H,1H3;1-2H3.